The highest BCUT2D eigenvalue weighted by atomic mass is 32.2. The van der Waals surface area contributed by atoms with E-state index in [1.54, 1.807) is 14.8 Å². The van der Waals surface area contributed by atoms with Crippen molar-refractivity contribution in [2.45, 2.75) is 31.8 Å². The van der Waals surface area contributed by atoms with Crippen LogP contribution in [0.4, 0.5) is 0 Å². The van der Waals surface area contributed by atoms with Crippen molar-refractivity contribution >= 4 is 21.1 Å². The van der Waals surface area contributed by atoms with Crippen LogP contribution in [-0.4, -0.2) is 54.3 Å². The van der Waals surface area contributed by atoms with Gasteiger partial charge in [0.2, 0.25) is 0 Å². The highest BCUT2D eigenvalue weighted by Gasteiger charge is 2.34. The molecule has 2 aliphatic heterocycles. The van der Waals surface area contributed by atoms with Crippen molar-refractivity contribution in [1.82, 2.24) is 13.6 Å². The van der Waals surface area contributed by atoms with Crippen LogP contribution in [0.25, 0.3) is 10.9 Å². The highest BCUT2D eigenvalue weighted by Crippen LogP contribution is 2.27. The van der Waals surface area contributed by atoms with Crippen LogP contribution >= 0.6 is 0 Å². The molecule has 2 aliphatic rings. The minimum absolute atomic E-state index is 0.0256. The average molecular weight is 361 g/mol. The molecule has 0 atom stereocenters. The molecule has 1 aromatic heterocycles. The van der Waals surface area contributed by atoms with Crippen molar-refractivity contribution in [3.63, 3.8) is 0 Å². The van der Waals surface area contributed by atoms with Gasteiger partial charge >= 0.3 is 0 Å². The van der Waals surface area contributed by atoms with E-state index in [1.807, 2.05) is 30.3 Å². The Labute approximate surface area is 148 Å². The first kappa shape index (κ1) is 16.8. The zero-order valence-corrected chi connectivity index (χ0v) is 15.0. The van der Waals surface area contributed by atoms with Gasteiger partial charge in [0, 0.05) is 37.8 Å². The number of hydrogen-bond donors (Lipinski definition) is 0. The van der Waals surface area contributed by atoms with Gasteiger partial charge in [-0.2, -0.15) is 17.0 Å². The molecule has 6 nitrogen and oxygen atoms in total. The third-order valence-corrected chi connectivity index (χ3v) is 7.04. The molecule has 0 N–H and O–H groups in total. The third-order valence-electron chi connectivity index (χ3n) is 5.01. The van der Waals surface area contributed by atoms with Crippen LogP contribution in [0.1, 0.15) is 25.7 Å². The lowest BCUT2D eigenvalue weighted by Crippen LogP contribution is -2.47. The summed E-state index contributed by atoms with van der Waals surface area (Å²) in [5, 5.41) is 1.05. The second kappa shape index (κ2) is 6.90. The van der Waals surface area contributed by atoms with Crippen LogP contribution in [0.3, 0.4) is 0 Å². The highest BCUT2D eigenvalue weighted by molar-refractivity contribution is 7.86. The molecule has 3 heterocycles. The van der Waals surface area contributed by atoms with E-state index in [1.165, 1.54) is 0 Å². The summed E-state index contributed by atoms with van der Waals surface area (Å²) >= 11 is 0. The SMILES string of the molecule is O=S(=O)(N1CCCC1)N1CCC(Oc2cccc3cccnc23)CC1. The Morgan fingerprint density at radius 1 is 0.960 bits per heavy atom. The van der Waals surface area contributed by atoms with Crippen LogP contribution in [0.15, 0.2) is 36.5 Å². The van der Waals surface area contributed by atoms with Gasteiger partial charge in [-0.3, -0.25) is 4.98 Å². The van der Waals surface area contributed by atoms with E-state index < -0.39 is 10.2 Å². The molecular weight excluding hydrogens is 338 g/mol. The normalized spacial score (nSPS) is 21.0. The van der Waals surface area contributed by atoms with E-state index in [0.29, 0.717) is 39.0 Å². The number of para-hydroxylation sites is 1. The second-order valence-corrected chi connectivity index (χ2v) is 8.59. The lowest BCUT2D eigenvalue weighted by Gasteiger charge is -2.33. The fourth-order valence-corrected chi connectivity index (χ4v) is 5.33. The predicted octanol–water partition coefficient (Wildman–Crippen LogP) is 2.42. The number of pyridine rings is 1. The predicted molar refractivity (Wildman–Crippen MR) is 96.7 cm³/mol. The van der Waals surface area contributed by atoms with Crippen LogP contribution in [0.2, 0.25) is 0 Å². The maximum absolute atomic E-state index is 12.6. The van der Waals surface area contributed by atoms with Gasteiger partial charge in [0.15, 0.2) is 0 Å². The molecule has 0 saturated carbocycles. The van der Waals surface area contributed by atoms with E-state index in [-0.39, 0.29) is 6.10 Å². The molecule has 0 spiro atoms. The number of piperidine rings is 1. The summed E-state index contributed by atoms with van der Waals surface area (Å²) in [6.07, 6.45) is 5.13. The molecule has 134 valence electrons. The zero-order chi connectivity index (χ0) is 17.3. The van der Waals surface area contributed by atoms with Gasteiger partial charge in [-0.05, 0) is 37.8 Å². The Bertz CT molecular complexity index is 836. The van der Waals surface area contributed by atoms with Gasteiger partial charge in [-0.1, -0.05) is 18.2 Å². The molecular formula is C18H23N3O3S. The standard InChI is InChI=1S/C18H23N3O3S/c22-25(23,20-11-1-2-12-20)21-13-8-16(9-14-21)24-17-7-3-5-15-6-4-10-19-18(15)17/h3-7,10,16H,1-2,8-9,11-14H2. The maximum Gasteiger partial charge on any atom is 0.281 e. The monoisotopic (exact) mass is 361 g/mol. The van der Waals surface area contributed by atoms with Crippen molar-refractivity contribution in [2.75, 3.05) is 26.2 Å². The van der Waals surface area contributed by atoms with Gasteiger partial charge in [-0.15, -0.1) is 0 Å². The molecule has 25 heavy (non-hydrogen) atoms. The Kier molecular flexibility index (Phi) is 4.62. The number of hydrogen-bond acceptors (Lipinski definition) is 4. The van der Waals surface area contributed by atoms with Crippen LogP contribution in [0, 0.1) is 0 Å². The topological polar surface area (TPSA) is 62.7 Å². The van der Waals surface area contributed by atoms with Gasteiger partial charge in [0.25, 0.3) is 10.2 Å². The summed E-state index contributed by atoms with van der Waals surface area (Å²) in [5.41, 5.74) is 0.858. The maximum atomic E-state index is 12.6. The van der Waals surface area contributed by atoms with Gasteiger partial charge < -0.3 is 4.74 Å². The number of fused-ring (bicyclic) bond motifs is 1. The van der Waals surface area contributed by atoms with Crippen LogP contribution in [-0.2, 0) is 10.2 Å². The Hall–Kier alpha value is -1.70. The average Bonchev–Trinajstić information content (AvgIpc) is 3.18. The van der Waals surface area contributed by atoms with Gasteiger partial charge in [0.1, 0.15) is 17.4 Å². The van der Waals surface area contributed by atoms with Crippen molar-refractivity contribution in [2.24, 2.45) is 0 Å². The molecule has 0 unspecified atom stereocenters. The number of ether oxygens (including phenoxy) is 1. The lowest BCUT2D eigenvalue weighted by molar-refractivity contribution is 0.134. The van der Waals surface area contributed by atoms with Gasteiger partial charge in [0.05, 0.1) is 0 Å². The first-order valence-corrected chi connectivity index (χ1v) is 10.3. The lowest BCUT2D eigenvalue weighted by atomic mass is 10.1. The molecule has 0 aliphatic carbocycles. The van der Waals surface area contributed by atoms with E-state index in [9.17, 15) is 8.42 Å². The van der Waals surface area contributed by atoms with Crippen molar-refractivity contribution < 1.29 is 13.2 Å². The minimum atomic E-state index is -3.29. The van der Waals surface area contributed by atoms with Crippen molar-refractivity contribution in [3.05, 3.63) is 36.5 Å². The van der Waals surface area contributed by atoms with Crippen LogP contribution in [0.5, 0.6) is 5.75 Å². The van der Waals surface area contributed by atoms with E-state index >= 15 is 0 Å². The van der Waals surface area contributed by atoms with Gasteiger partial charge in [-0.25, -0.2) is 0 Å². The third kappa shape index (κ3) is 3.36. The molecule has 2 aromatic rings. The zero-order valence-electron chi connectivity index (χ0n) is 14.2. The smallest absolute Gasteiger partial charge is 0.281 e. The van der Waals surface area contributed by atoms with E-state index in [4.69, 9.17) is 4.74 Å². The Balaban J connectivity index is 1.42. The van der Waals surface area contributed by atoms with Crippen molar-refractivity contribution in [1.29, 1.82) is 0 Å². The molecule has 2 saturated heterocycles. The fourth-order valence-electron chi connectivity index (χ4n) is 3.61. The summed E-state index contributed by atoms with van der Waals surface area (Å²) in [6, 6.07) is 9.84. The molecule has 1 aromatic carbocycles. The van der Waals surface area contributed by atoms with E-state index in [0.717, 1.165) is 29.5 Å². The quantitative estimate of drug-likeness (QED) is 0.839. The first-order valence-electron chi connectivity index (χ1n) is 8.90. The molecule has 2 fully saturated rings. The minimum Gasteiger partial charge on any atom is -0.488 e. The molecule has 0 radical (unpaired) electrons. The largest absolute Gasteiger partial charge is 0.488 e. The Morgan fingerprint density at radius 3 is 2.40 bits per heavy atom. The number of benzene rings is 1. The van der Waals surface area contributed by atoms with Crippen molar-refractivity contribution in [3.8, 4) is 5.75 Å². The van der Waals surface area contributed by atoms with E-state index in [2.05, 4.69) is 4.98 Å². The summed E-state index contributed by atoms with van der Waals surface area (Å²) in [4.78, 5) is 4.42. The Morgan fingerprint density at radius 2 is 1.64 bits per heavy atom. The van der Waals surface area contributed by atoms with Crippen LogP contribution < -0.4 is 4.74 Å². The molecule has 0 bridgehead atoms. The summed E-state index contributed by atoms with van der Waals surface area (Å²) in [5.74, 6) is 0.777. The fraction of sp³-hybridized carbons (Fsp3) is 0.500. The number of aromatic nitrogens is 1. The second-order valence-electron chi connectivity index (χ2n) is 6.66. The number of rotatable bonds is 4. The first-order chi connectivity index (χ1) is 12.1. The number of nitrogens with zero attached hydrogens (tertiary/aromatic N) is 3. The summed E-state index contributed by atoms with van der Waals surface area (Å²) < 4.78 is 34.6. The molecule has 4 rings (SSSR count). The summed E-state index contributed by atoms with van der Waals surface area (Å²) in [6.45, 7) is 2.34. The molecule has 0 amide bonds. The molecule has 7 heteroatoms. The summed E-state index contributed by atoms with van der Waals surface area (Å²) in [7, 11) is -3.29.